The van der Waals surface area contributed by atoms with Gasteiger partial charge in [0.05, 0.1) is 6.54 Å². The fraction of sp³-hybridized carbons (Fsp3) is 0.556. The minimum Gasteiger partial charge on any atom is -0.442 e. The van der Waals surface area contributed by atoms with Gasteiger partial charge in [0.1, 0.15) is 6.10 Å². The first-order chi connectivity index (χ1) is 11.8. The minimum atomic E-state index is -0.866. The molecule has 1 aromatic rings. The number of cyclic esters (lactones) is 1. The number of ether oxygens (including phenoxy) is 2. The number of carbonyl (C=O) groups is 2. The molecular weight excluding hydrogens is 322 g/mol. The number of carbonyl (C=O) groups excluding carboxylic acids is 2. The maximum absolute atomic E-state index is 12.4. The molecule has 0 radical (unpaired) electrons. The average molecular weight is 347 g/mol. The van der Waals surface area contributed by atoms with Gasteiger partial charge in [-0.2, -0.15) is 0 Å². The third-order valence-corrected chi connectivity index (χ3v) is 4.66. The van der Waals surface area contributed by atoms with E-state index in [4.69, 9.17) is 15.2 Å². The molecule has 0 saturated carbocycles. The van der Waals surface area contributed by atoms with Gasteiger partial charge in [0.2, 0.25) is 0 Å². The summed E-state index contributed by atoms with van der Waals surface area (Å²) in [6.45, 7) is 7.84. The Labute approximate surface area is 147 Å². The number of nitrogens with zero attached hydrogens (tertiary/aromatic N) is 1. The standard InChI is InChI=1S/C18H25N3O4/c1-18(2,3)15(25-16(19)22)14-10-21(17(23)24-14)13-5-4-11-6-7-20-9-12(11)8-13/h4-5,8,14-15,20H,6-7,9-10H2,1-3H3,(H2,19,22)/t14-,15?/m0/s1. The lowest BCUT2D eigenvalue weighted by Gasteiger charge is -2.32. The maximum Gasteiger partial charge on any atom is 0.414 e. The van der Waals surface area contributed by atoms with Gasteiger partial charge in [-0.15, -0.1) is 0 Å². The van der Waals surface area contributed by atoms with Crippen molar-refractivity contribution in [1.82, 2.24) is 5.32 Å². The van der Waals surface area contributed by atoms with Crippen molar-refractivity contribution in [2.75, 3.05) is 18.0 Å². The Morgan fingerprint density at radius 3 is 2.84 bits per heavy atom. The molecular formula is C18H25N3O4. The van der Waals surface area contributed by atoms with Crippen LogP contribution in [0.1, 0.15) is 31.9 Å². The van der Waals surface area contributed by atoms with Gasteiger partial charge in [-0.25, -0.2) is 9.59 Å². The number of primary amides is 1. The van der Waals surface area contributed by atoms with Crippen LogP contribution in [0.4, 0.5) is 15.3 Å². The van der Waals surface area contributed by atoms with Crippen LogP contribution in [-0.4, -0.2) is 37.5 Å². The number of nitrogens with one attached hydrogen (secondary N) is 1. The molecule has 2 heterocycles. The Morgan fingerprint density at radius 1 is 1.40 bits per heavy atom. The van der Waals surface area contributed by atoms with E-state index in [0.717, 1.165) is 25.2 Å². The maximum atomic E-state index is 12.4. The molecule has 0 spiro atoms. The van der Waals surface area contributed by atoms with Gasteiger partial charge in [-0.1, -0.05) is 26.8 Å². The molecule has 1 aromatic carbocycles. The zero-order valence-electron chi connectivity index (χ0n) is 14.9. The summed E-state index contributed by atoms with van der Waals surface area (Å²) in [6, 6.07) is 6.02. The van der Waals surface area contributed by atoms with Crippen LogP contribution in [0.15, 0.2) is 18.2 Å². The zero-order chi connectivity index (χ0) is 18.2. The zero-order valence-corrected chi connectivity index (χ0v) is 14.9. The Morgan fingerprint density at radius 2 is 2.16 bits per heavy atom. The molecule has 3 rings (SSSR count). The van der Waals surface area contributed by atoms with E-state index in [1.54, 1.807) is 4.90 Å². The van der Waals surface area contributed by atoms with E-state index in [1.807, 2.05) is 32.9 Å². The summed E-state index contributed by atoms with van der Waals surface area (Å²) in [7, 11) is 0. The lowest BCUT2D eigenvalue weighted by Crippen LogP contribution is -2.44. The molecule has 0 bridgehead atoms. The van der Waals surface area contributed by atoms with Gasteiger partial charge in [-0.3, -0.25) is 4.90 Å². The van der Waals surface area contributed by atoms with Gasteiger partial charge in [-0.05, 0) is 36.2 Å². The number of nitrogens with two attached hydrogens (primary N) is 1. The minimum absolute atomic E-state index is 0.320. The van der Waals surface area contributed by atoms with Gasteiger partial charge >= 0.3 is 12.2 Å². The highest BCUT2D eigenvalue weighted by Crippen LogP contribution is 2.32. The number of hydrogen-bond donors (Lipinski definition) is 2. The van der Waals surface area contributed by atoms with Gasteiger partial charge < -0.3 is 20.5 Å². The van der Waals surface area contributed by atoms with Crippen LogP contribution in [0.25, 0.3) is 0 Å². The highest BCUT2D eigenvalue weighted by atomic mass is 16.6. The smallest absolute Gasteiger partial charge is 0.414 e. The predicted octanol–water partition coefficient (Wildman–Crippen LogP) is 2.17. The molecule has 0 aliphatic carbocycles. The van der Waals surface area contributed by atoms with Gasteiger partial charge in [0, 0.05) is 17.6 Å². The summed E-state index contributed by atoms with van der Waals surface area (Å²) in [4.78, 5) is 25.2. The van der Waals surface area contributed by atoms with Crippen LogP contribution in [0.3, 0.4) is 0 Å². The van der Waals surface area contributed by atoms with Crippen molar-refractivity contribution in [3.8, 4) is 0 Å². The molecule has 2 aliphatic rings. The van der Waals surface area contributed by atoms with Crippen molar-refractivity contribution < 1.29 is 19.1 Å². The molecule has 3 N–H and O–H groups in total. The highest BCUT2D eigenvalue weighted by Gasteiger charge is 2.44. The molecule has 136 valence electrons. The lowest BCUT2D eigenvalue weighted by molar-refractivity contribution is -0.0381. The van der Waals surface area contributed by atoms with E-state index >= 15 is 0 Å². The molecule has 25 heavy (non-hydrogen) atoms. The van der Waals surface area contributed by atoms with Crippen LogP contribution in [0, 0.1) is 5.41 Å². The van der Waals surface area contributed by atoms with Crippen LogP contribution < -0.4 is 16.0 Å². The first-order valence-electron chi connectivity index (χ1n) is 8.52. The number of fused-ring (bicyclic) bond motifs is 1. The Kier molecular flexibility index (Phi) is 4.60. The molecule has 0 aromatic heterocycles. The normalized spacial score (nSPS) is 21.5. The fourth-order valence-electron chi connectivity index (χ4n) is 3.42. The summed E-state index contributed by atoms with van der Waals surface area (Å²) in [5.41, 5.74) is 8.08. The van der Waals surface area contributed by atoms with Crippen LogP contribution in [0.2, 0.25) is 0 Å². The molecule has 1 unspecified atom stereocenters. The first kappa shape index (κ1) is 17.5. The Hall–Kier alpha value is -2.28. The van der Waals surface area contributed by atoms with E-state index < -0.39 is 29.8 Å². The van der Waals surface area contributed by atoms with Crippen molar-refractivity contribution in [1.29, 1.82) is 0 Å². The third-order valence-electron chi connectivity index (χ3n) is 4.66. The second-order valence-corrected chi connectivity index (χ2v) is 7.64. The topological polar surface area (TPSA) is 93.9 Å². The van der Waals surface area contributed by atoms with E-state index in [0.29, 0.717) is 6.54 Å². The SMILES string of the molecule is CC(C)(C)C(OC(N)=O)[C@@H]1CN(c2ccc3c(c2)CNCC3)C(=O)O1. The van der Waals surface area contributed by atoms with E-state index in [-0.39, 0.29) is 0 Å². The fourth-order valence-corrected chi connectivity index (χ4v) is 3.42. The molecule has 2 amide bonds. The highest BCUT2D eigenvalue weighted by molar-refractivity contribution is 5.90. The van der Waals surface area contributed by atoms with Crippen molar-refractivity contribution in [2.45, 2.75) is 45.9 Å². The largest absolute Gasteiger partial charge is 0.442 e. The summed E-state index contributed by atoms with van der Waals surface area (Å²) < 4.78 is 10.7. The quantitative estimate of drug-likeness (QED) is 0.874. The predicted molar refractivity (Wildman–Crippen MR) is 93.4 cm³/mol. The average Bonchev–Trinajstić information content (AvgIpc) is 2.92. The number of anilines is 1. The number of amides is 2. The lowest BCUT2D eigenvalue weighted by atomic mass is 9.85. The van der Waals surface area contributed by atoms with Crippen LogP contribution >= 0.6 is 0 Å². The molecule has 1 saturated heterocycles. The molecule has 2 aliphatic heterocycles. The van der Waals surface area contributed by atoms with Gasteiger partial charge in [0.15, 0.2) is 6.10 Å². The molecule has 7 heteroatoms. The van der Waals surface area contributed by atoms with Crippen molar-refractivity contribution in [2.24, 2.45) is 11.1 Å². The van der Waals surface area contributed by atoms with Crippen LogP contribution in [0.5, 0.6) is 0 Å². The van der Waals surface area contributed by atoms with Crippen molar-refractivity contribution >= 4 is 17.9 Å². The van der Waals surface area contributed by atoms with E-state index in [9.17, 15) is 9.59 Å². The monoisotopic (exact) mass is 347 g/mol. The second kappa shape index (κ2) is 6.55. The number of hydrogen-bond acceptors (Lipinski definition) is 5. The summed E-state index contributed by atoms with van der Waals surface area (Å²) >= 11 is 0. The van der Waals surface area contributed by atoms with E-state index in [2.05, 4.69) is 11.4 Å². The first-order valence-corrected chi connectivity index (χ1v) is 8.52. The summed E-state index contributed by atoms with van der Waals surface area (Å²) in [5, 5.41) is 3.33. The second-order valence-electron chi connectivity index (χ2n) is 7.64. The Bertz CT molecular complexity index is 683. The molecule has 1 fully saturated rings. The Balaban J connectivity index is 1.81. The number of rotatable bonds is 3. The van der Waals surface area contributed by atoms with Crippen molar-refractivity contribution in [3.05, 3.63) is 29.3 Å². The van der Waals surface area contributed by atoms with E-state index in [1.165, 1.54) is 11.1 Å². The third kappa shape index (κ3) is 3.71. The summed E-state index contributed by atoms with van der Waals surface area (Å²) in [5.74, 6) is 0. The van der Waals surface area contributed by atoms with Crippen molar-refractivity contribution in [3.63, 3.8) is 0 Å². The molecule has 2 atom stereocenters. The van der Waals surface area contributed by atoms with Crippen LogP contribution in [-0.2, 0) is 22.4 Å². The summed E-state index contributed by atoms with van der Waals surface area (Å²) in [6.07, 6.45) is -1.49. The molecule has 7 nitrogen and oxygen atoms in total. The number of benzene rings is 1. The van der Waals surface area contributed by atoms with Gasteiger partial charge in [0.25, 0.3) is 0 Å².